The molecule has 21 heavy (non-hydrogen) atoms. The molecule has 3 fully saturated rings. The molecule has 4 amide bonds. The summed E-state index contributed by atoms with van der Waals surface area (Å²) in [6, 6.07) is -0.681. The Balaban J connectivity index is 2.05. The van der Waals surface area contributed by atoms with E-state index < -0.39 is 17.4 Å². The number of nitrogens with zero attached hydrogens (tertiary/aromatic N) is 1. The maximum atomic E-state index is 12.8. The van der Waals surface area contributed by atoms with E-state index in [0.717, 1.165) is 19.3 Å². The molecule has 116 valence electrons. The van der Waals surface area contributed by atoms with Crippen molar-refractivity contribution in [1.29, 1.82) is 0 Å². The van der Waals surface area contributed by atoms with Crippen molar-refractivity contribution in [3.05, 3.63) is 0 Å². The molecule has 3 unspecified atom stereocenters. The summed E-state index contributed by atoms with van der Waals surface area (Å²) >= 11 is 0. The topological polar surface area (TPSA) is 66.5 Å². The van der Waals surface area contributed by atoms with Crippen LogP contribution in [0.3, 0.4) is 0 Å². The Kier molecular flexibility index (Phi) is 2.68. The largest absolute Gasteiger partial charge is 0.331 e. The van der Waals surface area contributed by atoms with Crippen molar-refractivity contribution in [2.24, 2.45) is 22.2 Å². The predicted molar refractivity (Wildman–Crippen MR) is 77.2 cm³/mol. The summed E-state index contributed by atoms with van der Waals surface area (Å²) in [6.45, 7) is 9.66. The highest BCUT2D eigenvalue weighted by Crippen LogP contribution is 2.64. The van der Waals surface area contributed by atoms with Gasteiger partial charge in [0.15, 0.2) is 0 Å². The van der Waals surface area contributed by atoms with E-state index in [1.54, 1.807) is 13.8 Å². The minimum Gasteiger partial charge on any atom is -0.277 e. The Labute approximate surface area is 125 Å². The summed E-state index contributed by atoms with van der Waals surface area (Å²) < 4.78 is 0. The number of hydrogen-bond donors (Lipinski definition) is 1. The quantitative estimate of drug-likeness (QED) is 0.754. The van der Waals surface area contributed by atoms with Crippen LogP contribution in [0.25, 0.3) is 0 Å². The maximum Gasteiger partial charge on any atom is 0.331 e. The number of urea groups is 1. The van der Waals surface area contributed by atoms with E-state index in [0.29, 0.717) is 5.92 Å². The second kappa shape index (κ2) is 3.87. The van der Waals surface area contributed by atoms with E-state index in [1.165, 1.54) is 4.90 Å². The minimum atomic E-state index is -1.18. The third kappa shape index (κ3) is 1.66. The highest BCUT2D eigenvalue weighted by atomic mass is 16.2. The van der Waals surface area contributed by atoms with Crippen LogP contribution in [0.4, 0.5) is 4.79 Å². The Hall–Kier alpha value is -1.39. The summed E-state index contributed by atoms with van der Waals surface area (Å²) in [7, 11) is 0. The van der Waals surface area contributed by atoms with Gasteiger partial charge in [-0.15, -0.1) is 0 Å². The fraction of sp³-hybridized carbons (Fsp3) is 0.812. The Morgan fingerprint density at radius 1 is 1.10 bits per heavy atom. The van der Waals surface area contributed by atoms with Gasteiger partial charge >= 0.3 is 6.03 Å². The van der Waals surface area contributed by atoms with Crippen LogP contribution in [-0.2, 0) is 9.59 Å². The Bertz CT molecular complexity index is 547. The maximum absolute atomic E-state index is 12.8. The van der Waals surface area contributed by atoms with Gasteiger partial charge in [0.1, 0.15) is 5.41 Å². The predicted octanol–water partition coefficient (Wildman–Crippen LogP) is 2.31. The zero-order chi connectivity index (χ0) is 15.8. The van der Waals surface area contributed by atoms with Gasteiger partial charge in [-0.2, -0.15) is 0 Å². The van der Waals surface area contributed by atoms with Crippen molar-refractivity contribution in [2.75, 3.05) is 0 Å². The second-order valence-electron chi connectivity index (χ2n) is 8.38. The molecular weight excluding hydrogens is 268 g/mol. The molecule has 3 rings (SSSR count). The number of carbonyl (C=O) groups is 3. The zero-order valence-electron chi connectivity index (χ0n) is 13.4. The van der Waals surface area contributed by atoms with Gasteiger partial charge in [-0.3, -0.25) is 19.8 Å². The first-order valence-electron chi connectivity index (χ1n) is 7.71. The van der Waals surface area contributed by atoms with Crippen LogP contribution >= 0.6 is 0 Å². The number of hydrogen-bond acceptors (Lipinski definition) is 3. The fourth-order valence-electron chi connectivity index (χ4n) is 4.96. The van der Waals surface area contributed by atoms with Crippen molar-refractivity contribution in [1.82, 2.24) is 10.2 Å². The lowest BCUT2D eigenvalue weighted by Crippen LogP contribution is -2.68. The van der Waals surface area contributed by atoms with Gasteiger partial charge in [0.2, 0.25) is 11.8 Å². The van der Waals surface area contributed by atoms with Crippen molar-refractivity contribution in [3.63, 3.8) is 0 Å². The molecule has 1 aliphatic heterocycles. The molecule has 0 radical (unpaired) electrons. The lowest BCUT2D eigenvalue weighted by molar-refractivity contribution is -0.154. The number of amides is 4. The number of barbiturate groups is 1. The third-order valence-electron chi connectivity index (χ3n) is 6.21. The van der Waals surface area contributed by atoms with Crippen LogP contribution in [0.15, 0.2) is 0 Å². The Morgan fingerprint density at radius 2 is 1.71 bits per heavy atom. The Morgan fingerprint density at radius 3 is 2.24 bits per heavy atom. The van der Waals surface area contributed by atoms with Gasteiger partial charge in [0, 0.05) is 0 Å². The molecule has 0 spiro atoms. The first-order valence-corrected chi connectivity index (χ1v) is 7.71. The number of rotatable bonds is 1. The number of imide groups is 2. The van der Waals surface area contributed by atoms with Crippen molar-refractivity contribution >= 4 is 17.8 Å². The molecule has 3 aliphatic rings. The molecule has 2 aliphatic carbocycles. The summed E-state index contributed by atoms with van der Waals surface area (Å²) in [5.74, 6) is -0.322. The van der Waals surface area contributed by atoms with Gasteiger partial charge in [-0.25, -0.2) is 4.79 Å². The van der Waals surface area contributed by atoms with E-state index in [2.05, 4.69) is 26.1 Å². The molecule has 1 N–H and O–H groups in total. The normalized spacial score (nSPS) is 40.6. The van der Waals surface area contributed by atoms with Gasteiger partial charge in [0.05, 0.1) is 6.04 Å². The summed E-state index contributed by atoms with van der Waals surface area (Å²) in [5, 5.41) is 2.37. The monoisotopic (exact) mass is 292 g/mol. The van der Waals surface area contributed by atoms with E-state index in [1.807, 2.05) is 0 Å². The number of nitrogens with one attached hydrogen (secondary N) is 1. The molecule has 1 saturated heterocycles. The van der Waals surface area contributed by atoms with Crippen LogP contribution in [-0.4, -0.2) is 28.8 Å². The molecule has 2 saturated carbocycles. The van der Waals surface area contributed by atoms with Crippen LogP contribution in [0, 0.1) is 22.2 Å². The van der Waals surface area contributed by atoms with Gasteiger partial charge in [0.25, 0.3) is 0 Å². The van der Waals surface area contributed by atoms with E-state index in [9.17, 15) is 14.4 Å². The second-order valence-corrected chi connectivity index (χ2v) is 8.38. The van der Waals surface area contributed by atoms with Gasteiger partial charge < -0.3 is 0 Å². The molecule has 0 aromatic rings. The van der Waals surface area contributed by atoms with Crippen LogP contribution < -0.4 is 5.32 Å². The first-order chi connectivity index (χ1) is 9.52. The molecule has 1 heterocycles. The zero-order valence-corrected chi connectivity index (χ0v) is 13.4. The standard InChI is InChI=1S/C16H24N2O3/c1-14(2)9-6-7-16(5,8-9)10(14)18-12(20)15(3,4)11(19)17-13(18)21/h9-10H,6-8H2,1-5H3,(H,17,19,21). The first kappa shape index (κ1) is 14.5. The molecule has 3 atom stereocenters. The van der Waals surface area contributed by atoms with Crippen LogP contribution in [0.2, 0.25) is 0 Å². The molecular formula is C16H24N2O3. The summed E-state index contributed by atoms with van der Waals surface area (Å²) in [4.78, 5) is 38.5. The molecule has 0 aromatic carbocycles. The number of carbonyl (C=O) groups excluding carboxylic acids is 3. The number of fused-ring (bicyclic) bond motifs is 2. The molecule has 2 bridgehead atoms. The van der Waals surface area contributed by atoms with Gasteiger partial charge in [-0.05, 0) is 49.9 Å². The molecule has 0 aromatic heterocycles. The smallest absolute Gasteiger partial charge is 0.277 e. The molecule has 5 heteroatoms. The molecule has 5 nitrogen and oxygen atoms in total. The lowest BCUT2D eigenvalue weighted by Gasteiger charge is -2.50. The fourth-order valence-corrected chi connectivity index (χ4v) is 4.96. The van der Waals surface area contributed by atoms with E-state index in [-0.39, 0.29) is 22.8 Å². The van der Waals surface area contributed by atoms with Crippen LogP contribution in [0.1, 0.15) is 53.9 Å². The van der Waals surface area contributed by atoms with Crippen molar-refractivity contribution in [2.45, 2.75) is 59.9 Å². The third-order valence-corrected chi connectivity index (χ3v) is 6.21. The SMILES string of the molecule is CC1(C)C(=O)NC(=O)N(C2C3(C)CCC(C3)C2(C)C)C1=O. The van der Waals surface area contributed by atoms with Crippen molar-refractivity contribution < 1.29 is 14.4 Å². The summed E-state index contributed by atoms with van der Waals surface area (Å²) in [6.07, 6.45) is 3.25. The van der Waals surface area contributed by atoms with E-state index in [4.69, 9.17) is 0 Å². The summed E-state index contributed by atoms with van der Waals surface area (Å²) in [5.41, 5.74) is -1.31. The average molecular weight is 292 g/mol. The lowest BCUT2D eigenvalue weighted by atomic mass is 9.67. The highest BCUT2D eigenvalue weighted by Gasteiger charge is 2.65. The van der Waals surface area contributed by atoms with Gasteiger partial charge in [-0.1, -0.05) is 20.8 Å². The highest BCUT2D eigenvalue weighted by molar-refractivity contribution is 6.18. The van der Waals surface area contributed by atoms with E-state index >= 15 is 0 Å². The average Bonchev–Trinajstić information content (AvgIpc) is 2.83. The van der Waals surface area contributed by atoms with Crippen molar-refractivity contribution in [3.8, 4) is 0 Å². The minimum absolute atomic E-state index is 0.0301. The van der Waals surface area contributed by atoms with Crippen LogP contribution in [0.5, 0.6) is 0 Å².